The Labute approximate surface area is 118 Å². The van der Waals surface area contributed by atoms with Crippen LogP contribution in [-0.4, -0.2) is 41.1 Å². The molecule has 0 aliphatic rings. The number of nitro benzene ring substituents is 1. The highest BCUT2D eigenvalue weighted by Crippen LogP contribution is 2.22. The number of hydrogen-bond acceptors (Lipinski definition) is 5. The molecule has 0 radical (unpaired) electrons. The van der Waals surface area contributed by atoms with Gasteiger partial charge in [-0.25, -0.2) is 13.8 Å². The van der Waals surface area contributed by atoms with Gasteiger partial charge in [0.2, 0.25) is 0 Å². The van der Waals surface area contributed by atoms with Crippen LogP contribution in [0.5, 0.6) is 0 Å². The molecule has 0 unspecified atom stereocenters. The van der Waals surface area contributed by atoms with Crippen LogP contribution in [0.2, 0.25) is 0 Å². The van der Waals surface area contributed by atoms with E-state index in [2.05, 4.69) is 4.98 Å². The molecule has 2 rings (SSSR count). The van der Waals surface area contributed by atoms with Crippen LogP contribution in [0.1, 0.15) is 0 Å². The summed E-state index contributed by atoms with van der Waals surface area (Å²) in [6.07, 6.45) is -2.55. The molecule has 0 amide bonds. The van der Waals surface area contributed by atoms with Gasteiger partial charge in [-0.3, -0.25) is 10.1 Å². The number of halogens is 2. The summed E-state index contributed by atoms with van der Waals surface area (Å²) >= 11 is 0. The van der Waals surface area contributed by atoms with Gasteiger partial charge in [0.15, 0.2) is 0 Å². The number of rotatable bonds is 6. The lowest BCUT2D eigenvalue weighted by Crippen LogP contribution is -2.32. The van der Waals surface area contributed by atoms with Crippen LogP contribution in [0.3, 0.4) is 0 Å². The molecule has 21 heavy (non-hydrogen) atoms. The topological polar surface area (TPSA) is 79.5 Å². The Morgan fingerprint density at radius 1 is 1.33 bits per heavy atom. The predicted molar refractivity (Wildman–Crippen MR) is 73.7 cm³/mol. The average Bonchev–Trinajstić information content (AvgIpc) is 2.45. The summed E-state index contributed by atoms with van der Waals surface area (Å²) in [4.78, 5) is 15.7. The minimum atomic E-state index is -2.55. The molecule has 0 aliphatic heterocycles. The third-order valence-corrected chi connectivity index (χ3v) is 2.92. The van der Waals surface area contributed by atoms with Crippen molar-refractivity contribution in [3.8, 4) is 0 Å². The van der Waals surface area contributed by atoms with E-state index in [1.165, 1.54) is 29.2 Å². The Hall–Kier alpha value is -2.35. The molecule has 1 heterocycles. The number of alkyl halides is 2. The number of aliphatic hydroxyl groups excluding tert-OH is 1. The number of pyridine rings is 1. The van der Waals surface area contributed by atoms with E-state index in [1.807, 2.05) is 0 Å². The third kappa shape index (κ3) is 3.60. The molecule has 112 valence electrons. The number of aromatic nitrogens is 1. The van der Waals surface area contributed by atoms with Crippen LogP contribution in [0.25, 0.3) is 10.9 Å². The van der Waals surface area contributed by atoms with Gasteiger partial charge in [0.05, 0.1) is 23.6 Å². The smallest absolute Gasteiger partial charge is 0.270 e. The summed E-state index contributed by atoms with van der Waals surface area (Å²) < 4.78 is 25.0. The second-order valence-electron chi connectivity index (χ2n) is 4.36. The van der Waals surface area contributed by atoms with Crippen molar-refractivity contribution >= 4 is 22.4 Å². The Balaban J connectivity index is 2.36. The first-order valence-corrected chi connectivity index (χ1v) is 6.20. The maximum atomic E-state index is 12.5. The third-order valence-electron chi connectivity index (χ3n) is 2.92. The fourth-order valence-corrected chi connectivity index (χ4v) is 1.98. The van der Waals surface area contributed by atoms with Gasteiger partial charge in [0.25, 0.3) is 12.1 Å². The second kappa shape index (κ2) is 6.40. The van der Waals surface area contributed by atoms with E-state index in [1.54, 1.807) is 6.07 Å². The lowest BCUT2D eigenvalue weighted by molar-refractivity contribution is -0.384. The fraction of sp³-hybridized carbons (Fsp3) is 0.308. The van der Waals surface area contributed by atoms with E-state index in [9.17, 15) is 18.9 Å². The summed E-state index contributed by atoms with van der Waals surface area (Å²) in [6, 6.07) is 7.24. The van der Waals surface area contributed by atoms with Gasteiger partial charge in [-0.15, -0.1) is 0 Å². The minimum Gasteiger partial charge on any atom is -0.395 e. The van der Waals surface area contributed by atoms with Crippen LogP contribution < -0.4 is 4.90 Å². The molecule has 0 spiro atoms. The van der Waals surface area contributed by atoms with Gasteiger partial charge in [0.1, 0.15) is 5.82 Å². The summed E-state index contributed by atoms with van der Waals surface area (Å²) in [5.74, 6) is 0.297. The van der Waals surface area contributed by atoms with Gasteiger partial charge in [0, 0.05) is 24.1 Å². The first-order chi connectivity index (χ1) is 10.0. The monoisotopic (exact) mass is 297 g/mol. The first-order valence-electron chi connectivity index (χ1n) is 6.20. The maximum absolute atomic E-state index is 12.5. The minimum absolute atomic E-state index is 0.0375. The number of benzene rings is 1. The molecule has 6 nitrogen and oxygen atoms in total. The Morgan fingerprint density at radius 3 is 2.71 bits per heavy atom. The van der Waals surface area contributed by atoms with Crippen molar-refractivity contribution in [1.29, 1.82) is 0 Å². The SMILES string of the molecule is O=[N+]([O-])c1ccc2nc(N(CCO)CC(F)F)ccc2c1. The van der Waals surface area contributed by atoms with Crippen molar-refractivity contribution in [3.05, 3.63) is 40.4 Å². The van der Waals surface area contributed by atoms with E-state index in [0.29, 0.717) is 16.7 Å². The van der Waals surface area contributed by atoms with Crippen LogP contribution in [0.15, 0.2) is 30.3 Å². The normalized spacial score (nSPS) is 11.0. The molecule has 8 heteroatoms. The summed E-state index contributed by atoms with van der Waals surface area (Å²) in [5.41, 5.74) is 0.409. The first kappa shape index (κ1) is 15.0. The van der Waals surface area contributed by atoms with E-state index in [4.69, 9.17) is 5.11 Å². The Kier molecular flexibility index (Phi) is 4.59. The van der Waals surface area contributed by atoms with Gasteiger partial charge < -0.3 is 10.0 Å². The molecule has 0 atom stereocenters. The van der Waals surface area contributed by atoms with Gasteiger partial charge in [-0.05, 0) is 18.2 Å². The van der Waals surface area contributed by atoms with Crippen LogP contribution >= 0.6 is 0 Å². The lowest BCUT2D eigenvalue weighted by atomic mass is 10.2. The highest BCUT2D eigenvalue weighted by Gasteiger charge is 2.14. The highest BCUT2D eigenvalue weighted by molar-refractivity contribution is 5.82. The van der Waals surface area contributed by atoms with E-state index < -0.39 is 17.9 Å². The molecule has 0 saturated carbocycles. The number of hydrogen-bond donors (Lipinski definition) is 1. The van der Waals surface area contributed by atoms with Crippen molar-refractivity contribution in [2.75, 3.05) is 24.6 Å². The number of aliphatic hydroxyl groups is 1. The van der Waals surface area contributed by atoms with E-state index in [0.717, 1.165) is 0 Å². The molecule has 0 fully saturated rings. The van der Waals surface area contributed by atoms with Crippen LogP contribution in [0.4, 0.5) is 20.3 Å². The number of nitro groups is 1. The van der Waals surface area contributed by atoms with Crippen molar-refractivity contribution in [2.24, 2.45) is 0 Å². The number of fused-ring (bicyclic) bond motifs is 1. The maximum Gasteiger partial charge on any atom is 0.270 e. The largest absolute Gasteiger partial charge is 0.395 e. The quantitative estimate of drug-likeness (QED) is 0.653. The number of non-ortho nitro benzene ring substituents is 1. The number of nitrogens with zero attached hydrogens (tertiary/aromatic N) is 3. The molecular formula is C13H13F2N3O3. The molecule has 0 aliphatic carbocycles. The van der Waals surface area contributed by atoms with E-state index >= 15 is 0 Å². The molecule has 0 bridgehead atoms. The van der Waals surface area contributed by atoms with Gasteiger partial charge in [-0.1, -0.05) is 0 Å². The van der Waals surface area contributed by atoms with Crippen molar-refractivity contribution in [2.45, 2.75) is 6.43 Å². The van der Waals surface area contributed by atoms with Gasteiger partial charge in [-0.2, -0.15) is 0 Å². The van der Waals surface area contributed by atoms with Crippen LogP contribution in [-0.2, 0) is 0 Å². The molecule has 1 N–H and O–H groups in total. The van der Waals surface area contributed by atoms with Crippen molar-refractivity contribution in [3.63, 3.8) is 0 Å². The molecule has 2 aromatic rings. The summed E-state index contributed by atoms with van der Waals surface area (Å²) in [7, 11) is 0. The predicted octanol–water partition coefficient (Wildman–Crippen LogP) is 2.21. The Morgan fingerprint density at radius 2 is 2.10 bits per heavy atom. The fourth-order valence-electron chi connectivity index (χ4n) is 1.98. The zero-order valence-electron chi connectivity index (χ0n) is 10.9. The standard InChI is InChI=1S/C13H13F2N3O3/c14-12(15)8-17(5-6-19)13-4-1-9-7-10(18(20)21)2-3-11(9)16-13/h1-4,7,12,19H,5-6,8H2. The molecular weight excluding hydrogens is 284 g/mol. The van der Waals surface area contributed by atoms with E-state index in [-0.39, 0.29) is 18.8 Å². The summed E-state index contributed by atoms with van der Waals surface area (Å²) in [6.45, 7) is -0.769. The summed E-state index contributed by atoms with van der Waals surface area (Å²) in [5, 5.41) is 20.2. The molecule has 1 aromatic carbocycles. The lowest BCUT2D eigenvalue weighted by Gasteiger charge is -2.22. The number of anilines is 1. The molecule has 1 aromatic heterocycles. The van der Waals surface area contributed by atoms with Gasteiger partial charge >= 0.3 is 0 Å². The second-order valence-corrected chi connectivity index (χ2v) is 4.36. The van der Waals surface area contributed by atoms with Crippen molar-refractivity contribution in [1.82, 2.24) is 4.98 Å². The zero-order chi connectivity index (χ0) is 15.4. The molecule has 0 saturated heterocycles. The Bertz CT molecular complexity index is 652. The van der Waals surface area contributed by atoms with Crippen LogP contribution in [0, 0.1) is 10.1 Å². The zero-order valence-corrected chi connectivity index (χ0v) is 10.9. The average molecular weight is 297 g/mol. The highest BCUT2D eigenvalue weighted by atomic mass is 19.3. The van der Waals surface area contributed by atoms with Crippen molar-refractivity contribution < 1.29 is 18.8 Å².